The summed E-state index contributed by atoms with van der Waals surface area (Å²) in [5.41, 5.74) is 2.51. The van der Waals surface area contributed by atoms with Crippen molar-refractivity contribution in [1.29, 1.82) is 0 Å². The number of anilines is 1. The Hall–Kier alpha value is -2.77. The van der Waals surface area contributed by atoms with Gasteiger partial charge in [0.05, 0.1) is 22.3 Å². The summed E-state index contributed by atoms with van der Waals surface area (Å²) < 4.78 is 3.46. The van der Waals surface area contributed by atoms with E-state index in [1.807, 2.05) is 43.3 Å². The number of hydrogen-bond acceptors (Lipinski definition) is 6. The summed E-state index contributed by atoms with van der Waals surface area (Å²) in [6, 6.07) is 10.0. The van der Waals surface area contributed by atoms with Crippen LogP contribution in [0.25, 0.3) is 36.2 Å². The quantitative estimate of drug-likeness (QED) is 0.460. The summed E-state index contributed by atoms with van der Waals surface area (Å²) in [5, 5.41) is 4.13. The van der Waals surface area contributed by atoms with Crippen LogP contribution in [-0.4, -0.2) is 28.6 Å². The van der Waals surface area contributed by atoms with E-state index in [-0.39, 0.29) is 5.56 Å². The van der Waals surface area contributed by atoms with E-state index in [4.69, 9.17) is 0 Å². The normalized spacial score (nSPS) is 11.6. The summed E-state index contributed by atoms with van der Waals surface area (Å²) in [5.74, 6) is 0. The fourth-order valence-corrected chi connectivity index (χ4v) is 5.02. The van der Waals surface area contributed by atoms with Crippen LogP contribution in [0, 0.1) is 0 Å². The van der Waals surface area contributed by atoms with Gasteiger partial charge in [-0.2, -0.15) is 0 Å². The van der Waals surface area contributed by atoms with Crippen LogP contribution in [0.15, 0.2) is 53.0 Å². The molecule has 4 aromatic heterocycles. The molecule has 0 unspecified atom stereocenters. The second-order valence-corrected chi connectivity index (χ2v) is 8.19. The topological polar surface area (TPSA) is 51.0 Å². The lowest BCUT2D eigenvalue weighted by Crippen LogP contribution is -2.17. The highest BCUT2D eigenvalue weighted by molar-refractivity contribution is 7.25. The molecule has 5 nitrogen and oxygen atoms in total. The monoisotopic (exact) mass is 378 g/mol. The average molecular weight is 378 g/mol. The molecule has 4 heterocycles. The first-order valence-electron chi connectivity index (χ1n) is 8.07. The van der Waals surface area contributed by atoms with E-state index in [0.717, 1.165) is 32.5 Å². The van der Waals surface area contributed by atoms with E-state index in [2.05, 4.69) is 21.4 Å². The highest BCUT2D eigenvalue weighted by atomic mass is 32.1. The van der Waals surface area contributed by atoms with Crippen molar-refractivity contribution in [3.8, 4) is 5.69 Å². The Bertz CT molecular complexity index is 1350. The molecule has 0 fully saturated rings. The van der Waals surface area contributed by atoms with Gasteiger partial charge in [-0.05, 0) is 41.1 Å². The molecule has 0 amide bonds. The Morgan fingerprint density at radius 1 is 1.12 bits per heavy atom. The molecule has 0 aliphatic carbocycles. The average Bonchev–Trinajstić information content (AvgIpc) is 3.25. The molecule has 0 saturated heterocycles. The zero-order chi connectivity index (χ0) is 17.8. The van der Waals surface area contributed by atoms with E-state index >= 15 is 0 Å². The van der Waals surface area contributed by atoms with Gasteiger partial charge >= 0.3 is 0 Å². The Morgan fingerprint density at radius 3 is 2.85 bits per heavy atom. The van der Waals surface area contributed by atoms with Gasteiger partial charge in [0.15, 0.2) is 0 Å². The highest BCUT2D eigenvalue weighted by Crippen LogP contribution is 2.35. The summed E-state index contributed by atoms with van der Waals surface area (Å²) >= 11 is 3.09. The molecule has 5 rings (SSSR count). The van der Waals surface area contributed by atoms with Gasteiger partial charge in [0.1, 0.15) is 15.9 Å². The number of nitrogens with zero attached hydrogens (tertiary/aromatic N) is 4. The second kappa shape index (κ2) is 5.62. The van der Waals surface area contributed by atoms with Crippen molar-refractivity contribution in [2.45, 2.75) is 0 Å². The van der Waals surface area contributed by atoms with Crippen molar-refractivity contribution < 1.29 is 0 Å². The second-order valence-electron chi connectivity index (χ2n) is 6.25. The Kier molecular flexibility index (Phi) is 3.35. The Balaban J connectivity index is 1.81. The van der Waals surface area contributed by atoms with Crippen LogP contribution in [0.1, 0.15) is 0 Å². The zero-order valence-corrected chi connectivity index (χ0v) is 15.8. The third kappa shape index (κ3) is 2.17. The predicted molar refractivity (Wildman–Crippen MR) is 110 cm³/mol. The maximum atomic E-state index is 13.1. The summed E-state index contributed by atoms with van der Waals surface area (Å²) in [4.78, 5) is 25.1. The van der Waals surface area contributed by atoms with Crippen molar-refractivity contribution in [2.75, 3.05) is 19.0 Å². The van der Waals surface area contributed by atoms with Crippen LogP contribution in [0.4, 0.5) is 5.69 Å². The molecule has 0 bridgehead atoms. The fourth-order valence-electron chi connectivity index (χ4n) is 3.20. The number of pyridine rings is 1. The fraction of sp³-hybridized carbons (Fsp3) is 0.105. The minimum atomic E-state index is -0.0581. The van der Waals surface area contributed by atoms with Crippen LogP contribution in [-0.2, 0) is 0 Å². The predicted octanol–water partition coefficient (Wildman–Crippen LogP) is 4.28. The standard InChI is InChI=1S/C19H14N4OS2/c1-22(2)13-5-7-20-18-15(13)16-17(26-18)19(24)23(10-21-16)12-3-4-14-11(9-12)6-8-25-14/h3-10H,1-2H3. The van der Waals surface area contributed by atoms with E-state index in [0.29, 0.717) is 4.70 Å². The Morgan fingerprint density at radius 2 is 2.00 bits per heavy atom. The van der Waals surface area contributed by atoms with Crippen molar-refractivity contribution >= 4 is 58.9 Å². The highest BCUT2D eigenvalue weighted by Gasteiger charge is 2.17. The molecular weight excluding hydrogens is 364 g/mol. The smallest absolute Gasteiger partial charge is 0.275 e. The minimum Gasteiger partial charge on any atom is -0.377 e. The third-order valence-electron chi connectivity index (χ3n) is 4.46. The van der Waals surface area contributed by atoms with Gasteiger partial charge in [-0.3, -0.25) is 9.36 Å². The molecule has 5 aromatic rings. The van der Waals surface area contributed by atoms with Crippen molar-refractivity contribution in [2.24, 2.45) is 0 Å². The molecule has 0 spiro atoms. The molecule has 0 aliphatic heterocycles. The molecule has 1 aromatic carbocycles. The molecule has 7 heteroatoms. The van der Waals surface area contributed by atoms with E-state index in [9.17, 15) is 4.79 Å². The third-order valence-corrected chi connectivity index (χ3v) is 6.43. The van der Waals surface area contributed by atoms with Gasteiger partial charge in [0.2, 0.25) is 0 Å². The van der Waals surface area contributed by atoms with Gasteiger partial charge in [0.25, 0.3) is 5.56 Å². The van der Waals surface area contributed by atoms with Gasteiger partial charge < -0.3 is 4.90 Å². The lowest BCUT2D eigenvalue weighted by molar-refractivity contribution is 0.970. The van der Waals surface area contributed by atoms with Crippen molar-refractivity contribution in [3.63, 3.8) is 0 Å². The van der Waals surface area contributed by atoms with Crippen LogP contribution in [0.3, 0.4) is 0 Å². The minimum absolute atomic E-state index is 0.0581. The SMILES string of the molecule is CN(C)c1ccnc2sc3c(=O)n(-c4ccc5sccc5c4)cnc3c12. The lowest BCUT2D eigenvalue weighted by Gasteiger charge is -2.13. The molecule has 26 heavy (non-hydrogen) atoms. The number of fused-ring (bicyclic) bond motifs is 4. The lowest BCUT2D eigenvalue weighted by atomic mass is 10.2. The summed E-state index contributed by atoms with van der Waals surface area (Å²) in [6.07, 6.45) is 3.40. The van der Waals surface area contributed by atoms with Gasteiger partial charge in [0, 0.05) is 25.0 Å². The summed E-state index contributed by atoms with van der Waals surface area (Å²) in [7, 11) is 3.96. The molecular formula is C19H14N4OS2. The van der Waals surface area contributed by atoms with Crippen LogP contribution < -0.4 is 10.5 Å². The molecule has 0 N–H and O–H groups in total. The molecule has 0 saturated carbocycles. The Labute approximate surface area is 156 Å². The van der Waals surface area contributed by atoms with Gasteiger partial charge in [-0.15, -0.1) is 22.7 Å². The van der Waals surface area contributed by atoms with E-state index in [1.54, 1.807) is 28.4 Å². The molecule has 0 radical (unpaired) electrons. The van der Waals surface area contributed by atoms with E-state index < -0.39 is 0 Å². The zero-order valence-electron chi connectivity index (χ0n) is 14.1. The van der Waals surface area contributed by atoms with Crippen molar-refractivity contribution in [3.05, 3.63) is 58.6 Å². The molecule has 128 valence electrons. The number of benzene rings is 1. The summed E-state index contributed by atoms with van der Waals surface area (Å²) in [6.45, 7) is 0. The number of aromatic nitrogens is 3. The van der Waals surface area contributed by atoms with Crippen molar-refractivity contribution in [1.82, 2.24) is 14.5 Å². The van der Waals surface area contributed by atoms with Gasteiger partial charge in [-0.1, -0.05) is 0 Å². The maximum absolute atomic E-state index is 13.1. The largest absolute Gasteiger partial charge is 0.377 e. The van der Waals surface area contributed by atoms with Gasteiger partial charge in [-0.25, -0.2) is 9.97 Å². The van der Waals surface area contributed by atoms with Crippen LogP contribution in [0.2, 0.25) is 0 Å². The molecule has 0 aliphatic rings. The number of thiophene rings is 2. The van der Waals surface area contributed by atoms with E-state index in [1.165, 1.54) is 16.0 Å². The van der Waals surface area contributed by atoms with Crippen LogP contribution >= 0.6 is 22.7 Å². The number of hydrogen-bond donors (Lipinski definition) is 0. The van der Waals surface area contributed by atoms with Crippen LogP contribution in [0.5, 0.6) is 0 Å². The first-order chi connectivity index (χ1) is 12.6. The molecule has 0 atom stereocenters. The first kappa shape index (κ1) is 15.5. The maximum Gasteiger partial charge on any atom is 0.275 e. The number of rotatable bonds is 2. The first-order valence-corrected chi connectivity index (χ1v) is 9.77.